The largest absolute Gasteiger partial charge is 0.416 e. The van der Waals surface area contributed by atoms with Crippen LogP contribution in [0.25, 0.3) is 0 Å². The molecule has 1 aromatic heterocycles. The highest BCUT2D eigenvalue weighted by molar-refractivity contribution is 7.10. The van der Waals surface area contributed by atoms with Crippen LogP contribution in [-0.4, -0.2) is 65.3 Å². The first-order chi connectivity index (χ1) is 18.1. The standard InChI is InChI=1S/C29H30F3N3O2S/c1-19-5-3-4-6-23(19)27-24-12-16-38-25(24)11-13-34(27)18-26(36)33-14-15-35(20(2)17-33)28(37)21-7-9-22(10-8-21)29(30,31)32/h3-10,12,16,20,27H,11,13-15,17-18H2,1-2H3. The molecule has 9 heteroatoms. The number of carbonyl (C=O) groups is 2. The third-order valence-electron chi connectivity index (χ3n) is 7.59. The molecule has 0 radical (unpaired) electrons. The van der Waals surface area contributed by atoms with Crippen LogP contribution in [0.5, 0.6) is 0 Å². The van der Waals surface area contributed by atoms with E-state index in [-0.39, 0.29) is 36.0 Å². The Morgan fingerprint density at radius 1 is 0.974 bits per heavy atom. The predicted octanol–water partition coefficient (Wildman–Crippen LogP) is 5.40. The third kappa shape index (κ3) is 5.22. The van der Waals surface area contributed by atoms with E-state index in [0.29, 0.717) is 19.6 Å². The fourth-order valence-electron chi connectivity index (χ4n) is 5.52. The highest BCUT2D eigenvalue weighted by atomic mass is 32.1. The van der Waals surface area contributed by atoms with Crippen molar-refractivity contribution in [1.29, 1.82) is 0 Å². The van der Waals surface area contributed by atoms with E-state index in [0.717, 1.165) is 25.1 Å². The molecule has 2 aliphatic rings. The van der Waals surface area contributed by atoms with Gasteiger partial charge in [0.1, 0.15) is 0 Å². The number of thiophene rings is 1. The highest BCUT2D eigenvalue weighted by Gasteiger charge is 2.35. The second-order valence-corrected chi connectivity index (χ2v) is 11.0. The molecule has 1 saturated heterocycles. The van der Waals surface area contributed by atoms with Gasteiger partial charge in [-0.3, -0.25) is 14.5 Å². The second-order valence-electron chi connectivity index (χ2n) is 10.0. The number of benzene rings is 2. The van der Waals surface area contributed by atoms with Gasteiger partial charge in [0.05, 0.1) is 18.2 Å². The summed E-state index contributed by atoms with van der Waals surface area (Å²) in [7, 11) is 0. The predicted molar refractivity (Wildman–Crippen MR) is 141 cm³/mol. The number of aryl methyl sites for hydroxylation is 1. The van der Waals surface area contributed by atoms with Crippen molar-refractivity contribution in [3.63, 3.8) is 0 Å². The van der Waals surface area contributed by atoms with Crippen molar-refractivity contribution >= 4 is 23.2 Å². The monoisotopic (exact) mass is 541 g/mol. The molecule has 0 N–H and O–H groups in total. The molecule has 3 aromatic rings. The van der Waals surface area contributed by atoms with Gasteiger partial charge in [-0.05, 0) is 72.7 Å². The Kier molecular flexibility index (Phi) is 7.33. The molecule has 2 amide bonds. The lowest BCUT2D eigenvalue weighted by atomic mass is 9.90. The quantitative estimate of drug-likeness (QED) is 0.445. The maximum absolute atomic E-state index is 13.5. The number of halogens is 3. The van der Waals surface area contributed by atoms with E-state index in [2.05, 4.69) is 35.4 Å². The fraction of sp³-hybridized carbons (Fsp3) is 0.379. The van der Waals surface area contributed by atoms with Gasteiger partial charge in [-0.1, -0.05) is 24.3 Å². The average molecular weight is 542 g/mol. The number of nitrogens with zero attached hydrogens (tertiary/aromatic N) is 3. The molecule has 1 fully saturated rings. The number of amides is 2. The fourth-order valence-corrected chi connectivity index (χ4v) is 6.43. The zero-order valence-corrected chi connectivity index (χ0v) is 22.2. The average Bonchev–Trinajstić information content (AvgIpc) is 3.37. The topological polar surface area (TPSA) is 43.9 Å². The number of rotatable bonds is 4. The Labute approximate surface area is 224 Å². The lowest BCUT2D eigenvalue weighted by molar-refractivity contribution is -0.137. The van der Waals surface area contributed by atoms with E-state index >= 15 is 0 Å². The van der Waals surface area contributed by atoms with Crippen molar-refractivity contribution in [2.24, 2.45) is 0 Å². The number of fused-ring (bicyclic) bond motifs is 1. The minimum atomic E-state index is -4.45. The van der Waals surface area contributed by atoms with Crippen molar-refractivity contribution in [3.8, 4) is 0 Å². The number of piperazine rings is 1. The van der Waals surface area contributed by atoms with Crippen LogP contribution in [0.2, 0.25) is 0 Å². The smallest absolute Gasteiger partial charge is 0.338 e. The first-order valence-corrected chi connectivity index (χ1v) is 13.6. The molecule has 5 nitrogen and oxygen atoms in total. The van der Waals surface area contributed by atoms with Crippen LogP contribution in [0, 0.1) is 6.92 Å². The maximum atomic E-state index is 13.5. The summed E-state index contributed by atoms with van der Waals surface area (Å²) in [6.07, 6.45) is -3.53. The summed E-state index contributed by atoms with van der Waals surface area (Å²) in [5, 5.41) is 2.12. The minimum absolute atomic E-state index is 0.0233. The first-order valence-electron chi connectivity index (χ1n) is 12.8. The summed E-state index contributed by atoms with van der Waals surface area (Å²) < 4.78 is 38.7. The van der Waals surface area contributed by atoms with Crippen LogP contribution in [-0.2, 0) is 17.4 Å². The lowest BCUT2D eigenvalue weighted by Gasteiger charge is -2.42. The van der Waals surface area contributed by atoms with Crippen LogP contribution in [0.4, 0.5) is 13.2 Å². The zero-order valence-electron chi connectivity index (χ0n) is 21.4. The molecule has 3 heterocycles. The van der Waals surface area contributed by atoms with E-state index in [9.17, 15) is 22.8 Å². The van der Waals surface area contributed by atoms with Gasteiger partial charge in [-0.25, -0.2) is 0 Å². The van der Waals surface area contributed by atoms with Crippen molar-refractivity contribution in [2.45, 2.75) is 38.5 Å². The van der Waals surface area contributed by atoms with E-state index in [1.807, 2.05) is 19.1 Å². The normalized spacial score (nSPS) is 20.3. The Morgan fingerprint density at radius 3 is 2.39 bits per heavy atom. The molecule has 200 valence electrons. The summed E-state index contributed by atoms with van der Waals surface area (Å²) in [5.41, 5.74) is 3.10. The number of carbonyl (C=O) groups excluding carboxylic acids is 2. The molecular formula is C29H30F3N3O2S. The van der Waals surface area contributed by atoms with Gasteiger partial charge in [-0.2, -0.15) is 13.2 Å². The van der Waals surface area contributed by atoms with Gasteiger partial charge in [-0.15, -0.1) is 11.3 Å². The van der Waals surface area contributed by atoms with E-state index in [4.69, 9.17) is 0 Å². The van der Waals surface area contributed by atoms with Crippen LogP contribution < -0.4 is 0 Å². The van der Waals surface area contributed by atoms with Gasteiger partial charge in [0.15, 0.2) is 0 Å². The van der Waals surface area contributed by atoms with Crippen LogP contribution >= 0.6 is 11.3 Å². The second kappa shape index (κ2) is 10.5. The molecular weight excluding hydrogens is 511 g/mol. The summed E-state index contributed by atoms with van der Waals surface area (Å²) >= 11 is 1.77. The van der Waals surface area contributed by atoms with Crippen molar-refractivity contribution in [3.05, 3.63) is 92.7 Å². The molecule has 2 atom stereocenters. The molecule has 0 saturated carbocycles. The molecule has 0 aliphatic carbocycles. The molecule has 5 rings (SSSR count). The SMILES string of the molecule is Cc1ccccc1C1c2ccsc2CCN1CC(=O)N1CCN(C(=O)c2ccc(C(F)(F)F)cc2)C(C)C1. The summed E-state index contributed by atoms with van der Waals surface area (Å²) in [6.45, 7) is 6.16. The Balaban J connectivity index is 1.26. The van der Waals surface area contributed by atoms with Crippen molar-refractivity contribution in [2.75, 3.05) is 32.7 Å². The van der Waals surface area contributed by atoms with E-state index in [1.165, 1.54) is 33.7 Å². The first kappa shape index (κ1) is 26.4. The van der Waals surface area contributed by atoms with Crippen molar-refractivity contribution < 1.29 is 22.8 Å². The minimum Gasteiger partial charge on any atom is -0.338 e. The van der Waals surface area contributed by atoms with E-state index < -0.39 is 11.7 Å². The van der Waals surface area contributed by atoms with Gasteiger partial charge >= 0.3 is 6.18 Å². The van der Waals surface area contributed by atoms with Crippen LogP contribution in [0.1, 0.15) is 50.5 Å². The molecule has 0 bridgehead atoms. The van der Waals surface area contributed by atoms with Gasteiger partial charge < -0.3 is 9.80 Å². The maximum Gasteiger partial charge on any atom is 0.416 e. The number of hydrogen-bond acceptors (Lipinski definition) is 4. The molecule has 38 heavy (non-hydrogen) atoms. The number of hydrogen-bond donors (Lipinski definition) is 0. The molecule has 2 aromatic carbocycles. The highest BCUT2D eigenvalue weighted by Crippen LogP contribution is 2.39. The molecule has 2 unspecified atom stereocenters. The lowest BCUT2D eigenvalue weighted by Crippen LogP contribution is -2.57. The molecule has 0 spiro atoms. The van der Waals surface area contributed by atoms with Crippen LogP contribution in [0.15, 0.2) is 60.0 Å². The Hall–Kier alpha value is -3.17. The summed E-state index contributed by atoms with van der Waals surface area (Å²) in [5.74, 6) is -0.297. The molecule has 2 aliphatic heterocycles. The van der Waals surface area contributed by atoms with Crippen molar-refractivity contribution in [1.82, 2.24) is 14.7 Å². The zero-order chi connectivity index (χ0) is 27.0. The van der Waals surface area contributed by atoms with Gasteiger partial charge in [0.25, 0.3) is 5.91 Å². The Morgan fingerprint density at radius 2 is 1.71 bits per heavy atom. The number of alkyl halides is 3. The van der Waals surface area contributed by atoms with Crippen LogP contribution in [0.3, 0.4) is 0 Å². The Bertz CT molecular complexity index is 1320. The summed E-state index contributed by atoms with van der Waals surface area (Å²) in [4.78, 5) is 33.6. The third-order valence-corrected chi connectivity index (χ3v) is 8.58. The summed E-state index contributed by atoms with van der Waals surface area (Å²) in [6, 6.07) is 14.5. The van der Waals surface area contributed by atoms with E-state index in [1.54, 1.807) is 21.1 Å². The van der Waals surface area contributed by atoms with Gasteiger partial charge in [0, 0.05) is 42.7 Å². The van der Waals surface area contributed by atoms with Gasteiger partial charge in [0.2, 0.25) is 5.91 Å².